The Labute approximate surface area is 588 Å². The van der Waals surface area contributed by atoms with Gasteiger partial charge in [0.1, 0.15) is 16.7 Å². The summed E-state index contributed by atoms with van der Waals surface area (Å²) in [6.07, 6.45) is 18.7. The highest BCUT2D eigenvalue weighted by Gasteiger charge is 2.29. The SMILES string of the molecule is CS(=O)(=O)c1ccc(-c2ncc(F)c(Nc3cc(C4CC4)[nH]n3)n2)cc1.CS(=O)(=O)c1ccc(-c2nccc(Nc3cc(C4CC4)[nH]n3)n2)cc1.N#CCc1ccc(-c2ncc(Cl)c(Nc3cc(C4CC4)[nH]n3)n2)cc1.N#CCc1ccc(-c2nccc(Nc3cc(C4CC4)[nH]n3)n2)cc1.[HH].[HH].[HH].[HH].[HH].[HH]. The Balaban J connectivity index is 0.000000194. The van der Waals surface area contributed by atoms with Crippen molar-refractivity contribution in [3.8, 4) is 57.7 Å². The molecular weight excluding hydrogens is 1330 g/mol. The highest BCUT2D eigenvalue weighted by Crippen LogP contribution is 2.43. The molecule has 4 aliphatic carbocycles. The van der Waals surface area contributed by atoms with Crippen LogP contribution in [0, 0.1) is 28.5 Å². The van der Waals surface area contributed by atoms with Crippen molar-refractivity contribution in [2.24, 2.45) is 0 Å². The average molecular weight is 1410 g/mol. The molecule has 30 heteroatoms. The largest absolute Gasteiger partial charge is 0.323 e. The molecule has 16 rings (SSSR count). The Bertz CT molecular complexity index is 5230. The fraction of sp³-hybridized carbons (Fsp3) is 0.229. The summed E-state index contributed by atoms with van der Waals surface area (Å²) in [4.78, 5) is 35.1. The van der Waals surface area contributed by atoms with Gasteiger partial charge in [0, 0.05) is 126 Å². The quantitative estimate of drug-likeness (QED) is 0.0351. The standard InChI is InChI=1S/C18H15ClN6.C18H16N6.C17H16FN5O2S.C17H17N5O2S.6H2/c19-14-10-21-17(13-3-1-11(2-4-13)7-8-20)23-18(14)22-16-9-15(24-25-16)12-5-6-12;19-9-7-12-1-3-14(4-2-12)18-20-10-8-16(22-18)21-17-11-15(23-24-17)13-5-6-13;1-26(24,25)12-6-4-11(5-7-12)16-19-9-13(18)17(21-16)20-15-8-14(22-23-15)10-2-3-10;1-25(23,24)13-6-4-12(5-7-13)17-18-9-8-15(20-17)19-16-10-14(21-22-16)11-2-3-11;;;;;;/h1-4,9-10,12H,5-7H2,(H2,21,22,23,24,25);1-4,8,10-11,13H,5-7H2,(H2,20,21,22,23,24);4-10H,2-3H2,1H3,(H2,19,20,21,22,23);4-11H,2-3H2,1H3,(H2,18,19,20,21,22);6*1H. The van der Waals surface area contributed by atoms with Gasteiger partial charge in [-0.15, -0.1) is 0 Å². The number of aromatic amines is 4. The van der Waals surface area contributed by atoms with Crippen LogP contribution in [-0.4, -0.2) is 110 Å². The third-order valence-electron chi connectivity index (χ3n) is 16.3. The number of nitrogens with one attached hydrogen (secondary N) is 8. The van der Waals surface area contributed by atoms with Gasteiger partial charge < -0.3 is 21.3 Å². The Morgan fingerprint density at radius 3 is 1.11 bits per heavy atom. The van der Waals surface area contributed by atoms with E-state index in [4.69, 9.17) is 22.1 Å². The molecule has 0 amide bonds. The molecule has 0 radical (unpaired) electrons. The van der Waals surface area contributed by atoms with Gasteiger partial charge in [-0.25, -0.2) is 61.1 Å². The van der Waals surface area contributed by atoms with Crippen molar-refractivity contribution in [1.29, 1.82) is 10.5 Å². The highest BCUT2D eigenvalue weighted by molar-refractivity contribution is 7.91. The van der Waals surface area contributed by atoms with Gasteiger partial charge >= 0.3 is 0 Å². The Morgan fingerprint density at radius 2 is 0.760 bits per heavy atom. The second-order valence-electron chi connectivity index (χ2n) is 24.4. The maximum Gasteiger partial charge on any atom is 0.184 e. The van der Waals surface area contributed by atoms with Crippen molar-refractivity contribution in [1.82, 2.24) is 80.7 Å². The number of halogens is 2. The number of anilines is 8. The summed E-state index contributed by atoms with van der Waals surface area (Å²) in [5, 5.41) is 59.3. The van der Waals surface area contributed by atoms with Crippen molar-refractivity contribution in [3.05, 3.63) is 203 Å². The van der Waals surface area contributed by atoms with E-state index in [9.17, 15) is 21.2 Å². The number of nitrogens with zero attached hydrogens (tertiary/aromatic N) is 14. The normalized spacial score (nSPS) is 13.9. The lowest BCUT2D eigenvalue weighted by Gasteiger charge is -2.07. The van der Waals surface area contributed by atoms with E-state index in [1.54, 1.807) is 61.1 Å². The van der Waals surface area contributed by atoms with Gasteiger partial charge in [0.25, 0.3) is 0 Å². The van der Waals surface area contributed by atoms with Crippen LogP contribution in [0.3, 0.4) is 0 Å². The van der Waals surface area contributed by atoms with Crippen LogP contribution in [0.25, 0.3) is 45.6 Å². The fourth-order valence-corrected chi connectivity index (χ4v) is 11.7. The molecule has 0 atom stereocenters. The molecule has 4 saturated carbocycles. The first-order chi connectivity index (χ1) is 48.4. The molecule has 0 bridgehead atoms. The van der Waals surface area contributed by atoms with E-state index in [0.29, 0.717) is 93.7 Å². The summed E-state index contributed by atoms with van der Waals surface area (Å²) in [5.41, 5.74) is 9.55. The van der Waals surface area contributed by atoms with Crippen molar-refractivity contribution in [2.45, 2.75) is 97.7 Å². The Hall–Kier alpha value is -11.7. The van der Waals surface area contributed by atoms with Crippen molar-refractivity contribution < 1.29 is 29.8 Å². The molecule has 0 aliphatic heterocycles. The predicted molar refractivity (Wildman–Crippen MR) is 388 cm³/mol. The first-order valence-corrected chi connectivity index (χ1v) is 36.1. The number of hydrogen-bond acceptors (Lipinski definition) is 22. The zero-order chi connectivity index (χ0) is 69.3. The van der Waals surface area contributed by atoms with E-state index >= 15 is 0 Å². The first kappa shape index (κ1) is 66.9. The van der Waals surface area contributed by atoms with Gasteiger partial charge in [0.15, 0.2) is 83.7 Å². The van der Waals surface area contributed by atoms with Crippen LogP contribution in [0.1, 0.15) is 118 Å². The summed E-state index contributed by atoms with van der Waals surface area (Å²) < 4.78 is 60.2. The number of sulfone groups is 2. The molecule has 8 N–H and O–H groups in total. The first-order valence-electron chi connectivity index (χ1n) is 32.0. The Kier molecular flexibility index (Phi) is 19.8. The lowest BCUT2D eigenvalue weighted by molar-refractivity contribution is 0.600. The summed E-state index contributed by atoms with van der Waals surface area (Å²) >= 11 is 6.22. The number of rotatable bonds is 20. The summed E-state index contributed by atoms with van der Waals surface area (Å²) in [5.74, 6) is 8.30. The van der Waals surface area contributed by atoms with E-state index in [1.165, 1.54) is 62.6 Å². The minimum atomic E-state index is -3.28. The number of H-pyrrole nitrogens is 4. The smallest absolute Gasteiger partial charge is 0.184 e. The summed E-state index contributed by atoms with van der Waals surface area (Å²) in [7, 11) is -6.50. The van der Waals surface area contributed by atoms with Gasteiger partial charge in [0.2, 0.25) is 0 Å². The highest BCUT2D eigenvalue weighted by atomic mass is 35.5. The number of nitriles is 2. The van der Waals surface area contributed by atoms with Crippen molar-refractivity contribution in [3.63, 3.8) is 0 Å². The lowest BCUT2D eigenvalue weighted by atomic mass is 10.1. The molecule has 4 aliphatic rings. The fourth-order valence-electron chi connectivity index (χ4n) is 10.3. The molecule has 100 heavy (non-hydrogen) atoms. The second kappa shape index (κ2) is 29.6. The van der Waals surface area contributed by atoms with Gasteiger partial charge in [0.05, 0.1) is 47.2 Å². The van der Waals surface area contributed by atoms with Crippen LogP contribution in [0.4, 0.5) is 50.9 Å². The van der Waals surface area contributed by atoms with Gasteiger partial charge in [-0.2, -0.15) is 30.9 Å². The van der Waals surface area contributed by atoms with Crippen LogP contribution in [0.5, 0.6) is 0 Å². The van der Waals surface area contributed by atoms with Gasteiger partial charge in [-0.3, -0.25) is 20.4 Å². The summed E-state index contributed by atoms with van der Waals surface area (Å²) in [6, 6.07) is 43.7. The average Bonchev–Trinajstić information content (AvgIpc) is 1.70. The molecule has 8 heterocycles. The molecule has 8 aromatic heterocycles. The molecule has 4 aromatic carbocycles. The molecule has 26 nitrogen and oxygen atoms in total. The molecule has 0 spiro atoms. The third kappa shape index (κ3) is 17.7. The number of aromatic nitrogens is 16. The van der Waals surface area contributed by atoms with E-state index in [0.717, 1.165) is 81.8 Å². The van der Waals surface area contributed by atoms with Crippen molar-refractivity contribution >= 4 is 77.8 Å². The van der Waals surface area contributed by atoms with Crippen LogP contribution in [-0.2, 0) is 32.5 Å². The maximum absolute atomic E-state index is 14.1. The van der Waals surface area contributed by atoms with E-state index in [1.807, 2.05) is 78.9 Å². The zero-order valence-electron chi connectivity index (χ0n) is 53.9. The third-order valence-corrected chi connectivity index (χ3v) is 18.9. The zero-order valence-corrected chi connectivity index (χ0v) is 56.2. The lowest BCUT2D eigenvalue weighted by Crippen LogP contribution is -2.01. The van der Waals surface area contributed by atoms with Gasteiger partial charge in [-0.05, 0) is 123 Å². The molecule has 516 valence electrons. The molecule has 12 aromatic rings. The van der Waals surface area contributed by atoms with E-state index < -0.39 is 25.5 Å². The maximum atomic E-state index is 14.1. The van der Waals surface area contributed by atoms with E-state index in [-0.39, 0.29) is 30.0 Å². The Morgan fingerprint density at radius 1 is 0.440 bits per heavy atom. The summed E-state index contributed by atoms with van der Waals surface area (Å²) in [6.45, 7) is 0. The van der Waals surface area contributed by atoms with Crippen LogP contribution in [0.2, 0.25) is 5.02 Å². The van der Waals surface area contributed by atoms with Crippen LogP contribution < -0.4 is 21.3 Å². The van der Waals surface area contributed by atoms with Crippen LogP contribution >= 0.6 is 11.6 Å². The monoisotopic (exact) mass is 1410 g/mol. The molecule has 0 unspecified atom stereocenters. The minimum Gasteiger partial charge on any atom is -0.323 e. The van der Waals surface area contributed by atoms with Gasteiger partial charge in [-0.1, -0.05) is 60.1 Å². The minimum absolute atomic E-state index is 0. The predicted octanol–water partition coefficient (Wildman–Crippen LogP) is 15.2. The van der Waals surface area contributed by atoms with Crippen molar-refractivity contribution in [2.75, 3.05) is 33.8 Å². The number of benzene rings is 4. The van der Waals surface area contributed by atoms with E-state index in [2.05, 4.69) is 114 Å². The van der Waals surface area contributed by atoms with Crippen LogP contribution in [0.15, 0.2) is 168 Å². The number of hydrogen-bond donors (Lipinski definition) is 8. The topological polar surface area (TPSA) is 382 Å². The molecule has 4 fully saturated rings. The molecule has 0 saturated heterocycles. The second-order valence-corrected chi connectivity index (χ2v) is 28.8. The molecular formula is C70H76ClFN22O4S2.